The fourth-order valence-corrected chi connectivity index (χ4v) is 7.01. The summed E-state index contributed by atoms with van der Waals surface area (Å²) in [6, 6.07) is 22.0. The summed E-state index contributed by atoms with van der Waals surface area (Å²) in [5.74, 6) is 0.546. The molecule has 7 nitrogen and oxygen atoms in total. The fraction of sp³-hybridized carbons (Fsp3) is 0.333. The molecule has 0 N–H and O–H groups in total. The molecule has 0 saturated carbocycles. The van der Waals surface area contributed by atoms with Crippen LogP contribution in [0.1, 0.15) is 18.9 Å². The predicted octanol–water partition coefficient (Wildman–Crippen LogP) is 4.67. The van der Waals surface area contributed by atoms with Crippen LogP contribution in [-0.2, 0) is 14.5 Å². The number of hydrogen-bond acceptors (Lipinski definition) is 6. The number of nitrogens with zero attached hydrogens (tertiary/aromatic N) is 4. The number of carbonyl (C=O) groups excluding carboxylic acids is 2. The number of fused-ring (bicyclic) bond motifs is 2. The highest BCUT2D eigenvalue weighted by Crippen LogP contribution is 2.55. The van der Waals surface area contributed by atoms with Gasteiger partial charge in [0, 0.05) is 37.4 Å². The van der Waals surface area contributed by atoms with Gasteiger partial charge in [-0.15, -0.1) is 11.8 Å². The molecule has 0 radical (unpaired) electrons. The molecule has 3 aliphatic rings. The van der Waals surface area contributed by atoms with Crippen LogP contribution in [0.5, 0.6) is 5.75 Å². The van der Waals surface area contributed by atoms with Gasteiger partial charge in [-0.25, -0.2) is 4.39 Å². The van der Waals surface area contributed by atoms with Gasteiger partial charge in [-0.3, -0.25) is 24.3 Å². The lowest BCUT2D eigenvalue weighted by Gasteiger charge is -2.38. The fourth-order valence-electron chi connectivity index (χ4n) is 5.65. The second-order valence-electron chi connectivity index (χ2n) is 9.95. The molecule has 3 aromatic carbocycles. The van der Waals surface area contributed by atoms with Crippen LogP contribution in [0.15, 0.2) is 72.8 Å². The minimum Gasteiger partial charge on any atom is -0.494 e. The van der Waals surface area contributed by atoms with E-state index in [9.17, 15) is 14.0 Å². The molecular formula is C30H31FN4O3S. The number of rotatable bonds is 7. The maximum Gasteiger partial charge on any atom is 0.269 e. The Bertz CT molecular complexity index is 1380. The van der Waals surface area contributed by atoms with E-state index in [2.05, 4.69) is 11.8 Å². The van der Waals surface area contributed by atoms with E-state index in [1.165, 1.54) is 17.8 Å². The molecule has 1 atom stereocenters. The third kappa shape index (κ3) is 4.43. The first-order valence-corrected chi connectivity index (χ1v) is 14.3. The second kappa shape index (κ2) is 10.5. The molecular weight excluding hydrogens is 515 g/mol. The number of para-hydroxylation sites is 2. The Hall–Kier alpha value is -3.56. The Balaban J connectivity index is 1.25. The summed E-state index contributed by atoms with van der Waals surface area (Å²) in [4.78, 5) is 34.2. The van der Waals surface area contributed by atoms with Crippen LogP contribution in [0.25, 0.3) is 0 Å². The Kier molecular flexibility index (Phi) is 6.95. The van der Waals surface area contributed by atoms with Crippen molar-refractivity contribution in [1.82, 2.24) is 4.90 Å². The minimum absolute atomic E-state index is 0.0919. The van der Waals surface area contributed by atoms with Gasteiger partial charge in [-0.1, -0.05) is 37.3 Å². The Morgan fingerprint density at radius 3 is 2.31 bits per heavy atom. The molecule has 0 bridgehead atoms. The zero-order valence-electron chi connectivity index (χ0n) is 21.9. The van der Waals surface area contributed by atoms with E-state index in [0.29, 0.717) is 50.8 Å². The van der Waals surface area contributed by atoms with Crippen molar-refractivity contribution in [3.05, 3.63) is 84.2 Å². The third-order valence-corrected chi connectivity index (χ3v) is 8.92. The SMILES string of the molecule is CCCOc1ccc(N2C(=O)CS[C@]23C(=O)N(CN2CCN(c4ccccc4F)CC2)c2ccccc23)cc1. The van der Waals surface area contributed by atoms with Crippen LogP contribution < -0.4 is 19.4 Å². The van der Waals surface area contributed by atoms with E-state index < -0.39 is 4.87 Å². The minimum atomic E-state index is -1.14. The zero-order valence-corrected chi connectivity index (χ0v) is 22.7. The average molecular weight is 547 g/mol. The van der Waals surface area contributed by atoms with Crippen molar-refractivity contribution in [1.29, 1.82) is 0 Å². The predicted molar refractivity (Wildman–Crippen MR) is 153 cm³/mol. The molecule has 2 saturated heterocycles. The summed E-state index contributed by atoms with van der Waals surface area (Å²) in [5.41, 5.74) is 2.95. The molecule has 0 unspecified atom stereocenters. The third-order valence-electron chi connectivity index (χ3n) is 7.54. The number of piperazine rings is 1. The lowest BCUT2D eigenvalue weighted by Crippen LogP contribution is -2.54. The van der Waals surface area contributed by atoms with E-state index >= 15 is 0 Å². The van der Waals surface area contributed by atoms with Crippen molar-refractivity contribution < 1.29 is 18.7 Å². The summed E-state index contributed by atoms with van der Waals surface area (Å²) in [6.45, 7) is 5.82. The lowest BCUT2D eigenvalue weighted by molar-refractivity contribution is -0.124. The Morgan fingerprint density at radius 1 is 0.897 bits per heavy atom. The van der Waals surface area contributed by atoms with Crippen LogP contribution in [0, 0.1) is 5.82 Å². The number of thioether (sulfide) groups is 1. The highest BCUT2D eigenvalue weighted by Gasteiger charge is 2.61. The van der Waals surface area contributed by atoms with Gasteiger partial charge >= 0.3 is 0 Å². The Morgan fingerprint density at radius 2 is 1.59 bits per heavy atom. The molecule has 3 aliphatic heterocycles. The number of hydrogen-bond donors (Lipinski definition) is 0. The molecule has 39 heavy (non-hydrogen) atoms. The highest BCUT2D eigenvalue weighted by molar-refractivity contribution is 8.02. The van der Waals surface area contributed by atoms with Gasteiger partial charge in [0.15, 0.2) is 0 Å². The smallest absolute Gasteiger partial charge is 0.269 e. The quantitative estimate of drug-likeness (QED) is 0.429. The topological polar surface area (TPSA) is 56.3 Å². The largest absolute Gasteiger partial charge is 0.494 e. The van der Waals surface area contributed by atoms with E-state index in [-0.39, 0.29) is 23.4 Å². The van der Waals surface area contributed by atoms with Crippen LogP contribution >= 0.6 is 11.8 Å². The molecule has 202 valence electrons. The van der Waals surface area contributed by atoms with E-state index in [0.717, 1.165) is 23.4 Å². The van der Waals surface area contributed by atoms with Crippen LogP contribution in [0.3, 0.4) is 0 Å². The van der Waals surface area contributed by atoms with Gasteiger partial charge in [0.2, 0.25) is 10.8 Å². The van der Waals surface area contributed by atoms with Gasteiger partial charge in [0.25, 0.3) is 5.91 Å². The van der Waals surface area contributed by atoms with Gasteiger partial charge in [0.1, 0.15) is 11.6 Å². The highest BCUT2D eigenvalue weighted by atomic mass is 32.2. The second-order valence-corrected chi connectivity index (χ2v) is 11.1. The van der Waals surface area contributed by atoms with Crippen molar-refractivity contribution in [2.75, 3.05) is 59.9 Å². The lowest BCUT2D eigenvalue weighted by atomic mass is 10.0. The number of ether oxygens (including phenoxy) is 1. The molecule has 6 rings (SSSR count). The first kappa shape index (κ1) is 25.7. The molecule has 1 spiro atoms. The van der Waals surface area contributed by atoms with Crippen molar-refractivity contribution in [2.24, 2.45) is 0 Å². The summed E-state index contributed by atoms with van der Waals surface area (Å²) in [6.07, 6.45) is 0.908. The molecule has 0 aliphatic carbocycles. The molecule has 0 aromatic heterocycles. The molecule has 9 heteroatoms. The number of halogens is 1. The number of amides is 2. The van der Waals surface area contributed by atoms with Crippen molar-refractivity contribution >= 4 is 40.6 Å². The van der Waals surface area contributed by atoms with Gasteiger partial charge in [-0.2, -0.15) is 0 Å². The molecule has 2 fully saturated rings. The summed E-state index contributed by atoms with van der Waals surface area (Å²) in [5, 5.41) is 0. The van der Waals surface area contributed by atoms with Crippen molar-refractivity contribution in [2.45, 2.75) is 18.2 Å². The van der Waals surface area contributed by atoms with E-state index in [4.69, 9.17) is 4.74 Å². The summed E-state index contributed by atoms with van der Waals surface area (Å²) >= 11 is 1.38. The van der Waals surface area contributed by atoms with Crippen LogP contribution in [0.4, 0.5) is 21.5 Å². The number of anilines is 3. The van der Waals surface area contributed by atoms with Gasteiger partial charge < -0.3 is 9.64 Å². The number of benzene rings is 3. The van der Waals surface area contributed by atoms with Gasteiger partial charge in [-0.05, 0) is 48.9 Å². The first-order valence-electron chi connectivity index (χ1n) is 13.4. The van der Waals surface area contributed by atoms with E-state index in [1.807, 2.05) is 64.4 Å². The Labute approximate surface area is 232 Å². The summed E-state index contributed by atoms with van der Waals surface area (Å²) < 4.78 is 20.0. The van der Waals surface area contributed by atoms with Crippen LogP contribution in [0.2, 0.25) is 0 Å². The monoisotopic (exact) mass is 546 g/mol. The number of carbonyl (C=O) groups is 2. The molecule has 3 heterocycles. The zero-order chi connectivity index (χ0) is 27.0. The molecule has 3 aromatic rings. The molecule has 2 amide bonds. The standard InChI is InChI=1S/C30H31FN4O3S/c1-2-19-38-23-13-11-22(12-14-23)35-28(36)20-39-30(35)24-7-3-5-9-26(24)34(29(30)37)21-32-15-17-33(18-16-32)27-10-6-4-8-25(27)31/h3-14H,2,15-21H2,1H3/t30-/m1/s1. The summed E-state index contributed by atoms with van der Waals surface area (Å²) in [7, 11) is 0. The van der Waals surface area contributed by atoms with E-state index in [1.54, 1.807) is 17.0 Å². The maximum absolute atomic E-state index is 14.3. The first-order chi connectivity index (χ1) is 19.0. The maximum atomic E-state index is 14.3. The van der Waals surface area contributed by atoms with Crippen molar-refractivity contribution in [3.8, 4) is 5.75 Å². The van der Waals surface area contributed by atoms with Gasteiger partial charge in [0.05, 0.1) is 30.4 Å². The van der Waals surface area contributed by atoms with Crippen LogP contribution in [-0.4, -0.2) is 61.9 Å². The normalized spacial score (nSPS) is 21.2. The van der Waals surface area contributed by atoms with Crippen molar-refractivity contribution in [3.63, 3.8) is 0 Å². The average Bonchev–Trinajstić information content (AvgIpc) is 3.43.